The Hall–Kier alpha value is -3.54. The largest absolute Gasteiger partial charge is 0.493 e. The van der Waals surface area contributed by atoms with E-state index in [0.717, 1.165) is 23.4 Å². The van der Waals surface area contributed by atoms with E-state index in [4.69, 9.17) is 9.47 Å². The molecular formula is C23H23N3O3. The molecule has 0 saturated carbocycles. The summed E-state index contributed by atoms with van der Waals surface area (Å²) in [5, 5.41) is 3.27. The van der Waals surface area contributed by atoms with Gasteiger partial charge in [0.1, 0.15) is 5.69 Å². The summed E-state index contributed by atoms with van der Waals surface area (Å²) in [7, 11) is 3.25. The van der Waals surface area contributed by atoms with Crippen molar-refractivity contribution >= 4 is 17.3 Å². The third-order valence-corrected chi connectivity index (χ3v) is 5.05. The van der Waals surface area contributed by atoms with Crippen LogP contribution in [0, 0.1) is 0 Å². The van der Waals surface area contributed by atoms with E-state index in [0.29, 0.717) is 30.3 Å². The van der Waals surface area contributed by atoms with E-state index in [1.807, 2.05) is 53.4 Å². The predicted molar refractivity (Wildman–Crippen MR) is 112 cm³/mol. The number of pyridine rings is 1. The molecule has 0 saturated heterocycles. The summed E-state index contributed by atoms with van der Waals surface area (Å²) in [5.41, 5.74) is 4.51. The summed E-state index contributed by atoms with van der Waals surface area (Å²) in [5.74, 6) is 1.32. The van der Waals surface area contributed by atoms with Gasteiger partial charge >= 0.3 is 0 Å². The molecule has 148 valence electrons. The van der Waals surface area contributed by atoms with Crippen molar-refractivity contribution < 1.29 is 14.3 Å². The molecule has 0 atom stereocenters. The highest BCUT2D eigenvalue weighted by Gasteiger charge is 2.24. The second-order valence-electron chi connectivity index (χ2n) is 6.88. The number of aromatic nitrogens is 1. The average Bonchev–Trinajstić information content (AvgIpc) is 2.78. The van der Waals surface area contributed by atoms with Crippen LogP contribution in [0.25, 0.3) is 0 Å². The molecule has 0 bridgehead atoms. The van der Waals surface area contributed by atoms with E-state index in [2.05, 4.69) is 10.3 Å². The van der Waals surface area contributed by atoms with E-state index in [1.54, 1.807) is 26.5 Å². The SMILES string of the molecule is COc1cc2c(cc1OC)CN(C(=O)c1ccc(Nc3ccccc3)cn1)CC2. The molecule has 1 aromatic heterocycles. The summed E-state index contributed by atoms with van der Waals surface area (Å²) in [6.07, 6.45) is 2.46. The Morgan fingerprint density at radius 1 is 0.966 bits per heavy atom. The molecule has 0 fully saturated rings. The fraction of sp³-hybridized carbons (Fsp3) is 0.217. The van der Waals surface area contributed by atoms with Crippen molar-refractivity contribution in [3.63, 3.8) is 0 Å². The number of hydrogen-bond acceptors (Lipinski definition) is 5. The smallest absolute Gasteiger partial charge is 0.272 e. The van der Waals surface area contributed by atoms with Crippen molar-refractivity contribution in [2.75, 3.05) is 26.1 Å². The van der Waals surface area contributed by atoms with E-state index in [1.165, 1.54) is 5.56 Å². The minimum atomic E-state index is -0.0725. The molecule has 1 N–H and O–H groups in total. The number of nitrogens with one attached hydrogen (secondary N) is 1. The molecule has 3 aromatic rings. The van der Waals surface area contributed by atoms with Gasteiger partial charge in [-0.1, -0.05) is 18.2 Å². The van der Waals surface area contributed by atoms with Crippen molar-refractivity contribution in [2.24, 2.45) is 0 Å². The minimum Gasteiger partial charge on any atom is -0.493 e. The maximum Gasteiger partial charge on any atom is 0.272 e. The third kappa shape index (κ3) is 4.01. The van der Waals surface area contributed by atoms with E-state index in [-0.39, 0.29) is 5.91 Å². The highest BCUT2D eigenvalue weighted by atomic mass is 16.5. The zero-order valence-electron chi connectivity index (χ0n) is 16.5. The number of fused-ring (bicyclic) bond motifs is 1. The maximum absolute atomic E-state index is 12.9. The predicted octanol–water partition coefficient (Wildman–Crippen LogP) is 4.04. The summed E-state index contributed by atoms with van der Waals surface area (Å²) in [4.78, 5) is 19.1. The molecule has 1 aliphatic rings. The number of anilines is 2. The van der Waals surface area contributed by atoms with E-state index < -0.39 is 0 Å². The third-order valence-electron chi connectivity index (χ3n) is 5.05. The van der Waals surface area contributed by atoms with Crippen molar-refractivity contribution in [3.05, 3.63) is 77.6 Å². The monoisotopic (exact) mass is 389 g/mol. The Morgan fingerprint density at radius 3 is 2.34 bits per heavy atom. The number of ether oxygens (including phenoxy) is 2. The molecule has 2 heterocycles. The second kappa shape index (κ2) is 8.22. The first-order chi connectivity index (χ1) is 14.2. The Kier molecular flexibility index (Phi) is 5.33. The van der Waals surface area contributed by atoms with Gasteiger partial charge in [-0.15, -0.1) is 0 Å². The Morgan fingerprint density at radius 2 is 1.69 bits per heavy atom. The Balaban J connectivity index is 1.47. The van der Waals surface area contributed by atoms with Crippen LogP contribution in [0.2, 0.25) is 0 Å². The summed E-state index contributed by atoms with van der Waals surface area (Å²) >= 11 is 0. The van der Waals surface area contributed by atoms with Gasteiger partial charge < -0.3 is 19.7 Å². The lowest BCUT2D eigenvalue weighted by Gasteiger charge is -2.29. The Labute approximate surface area is 170 Å². The summed E-state index contributed by atoms with van der Waals surface area (Å²) < 4.78 is 10.8. The van der Waals surface area contributed by atoms with Gasteiger partial charge in [-0.2, -0.15) is 0 Å². The summed E-state index contributed by atoms with van der Waals surface area (Å²) in [6, 6.07) is 17.4. The lowest BCUT2D eigenvalue weighted by Crippen LogP contribution is -2.36. The standard InChI is InChI=1S/C23H23N3O3/c1-28-21-12-16-10-11-26(15-17(16)13-22(21)29-2)23(27)20-9-8-19(14-24-20)25-18-6-4-3-5-7-18/h3-9,12-14,25H,10-11,15H2,1-2H3. The van der Waals surface area contributed by atoms with Crippen LogP contribution in [0.1, 0.15) is 21.6 Å². The number of carbonyl (C=O) groups is 1. The molecule has 6 nitrogen and oxygen atoms in total. The molecule has 29 heavy (non-hydrogen) atoms. The van der Waals surface area contributed by atoms with Crippen molar-refractivity contribution in [1.82, 2.24) is 9.88 Å². The highest BCUT2D eigenvalue weighted by molar-refractivity contribution is 5.92. The summed E-state index contributed by atoms with van der Waals surface area (Å²) in [6.45, 7) is 1.17. The first kappa shape index (κ1) is 18.8. The first-order valence-corrected chi connectivity index (χ1v) is 9.49. The van der Waals surface area contributed by atoms with Crippen LogP contribution in [0.4, 0.5) is 11.4 Å². The molecule has 1 aliphatic heterocycles. The van der Waals surface area contributed by atoms with Gasteiger partial charge in [-0.25, -0.2) is 4.98 Å². The second-order valence-corrected chi connectivity index (χ2v) is 6.88. The van der Waals surface area contributed by atoms with Gasteiger partial charge in [0.2, 0.25) is 0 Å². The zero-order chi connectivity index (χ0) is 20.2. The van der Waals surface area contributed by atoms with Crippen molar-refractivity contribution in [1.29, 1.82) is 0 Å². The fourth-order valence-corrected chi connectivity index (χ4v) is 3.50. The lowest BCUT2D eigenvalue weighted by molar-refractivity contribution is 0.0728. The number of benzene rings is 2. The topological polar surface area (TPSA) is 63.7 Å². The molecule has 0 spiro atoms. The number of rotatable bonds is 5. The molecule has 0 unspecified atom stereocenters. The van der Waals surface area contributed by atoms with Crippen LogP contribution in [0.3, 0.4) is 0 Å². The average molecular weight is 389 g/mol. The van der Waals surface area contributed by atoms with E-state index >= 15 is 0 Å². The maximum atomic E-state index is 12.9. The number of nitrogens with zero attached hydrogens (tertiary/aromatic N) is 2. The minimum absolute atomic E-state index is 0.0725. The van der Waals surface area contributed by atoms with Crippen LogP contribution in [0.5, 0.6) is 11.5 Å². The highest BCUT2D eigenvalue weighted by Crippen LogP contribution is 2.33. The number of methoxy groups -OCH3 is 2. The van der Waals surface area contributed by atoms with Gasteiger partial charge in [-0.05, 0) is 53.9 Å². The first-order valence-electron chi connectivity index (χ1n) is 9.49. The molecule has 0 radical (unpaired) electrons. The number of hydrogen-bond donors (Lipinski definition) is 1. The number of carbonyl (C=O) groups excluding carboxylic acids is 1. The van der Waals surface area contributed by atoms with Crippen molar-refractivity contribution in [2.45, 2.75) is 13.0 Å². The number of para-hydroxylation sites is 1. The fourth-order valence-electron chi connectivity index (χ4n) is 3.50. The number of amides is 1. The van der Waals surface area contributed by atoms with Gasteiger partial charge in [-0.3, -0.25) is 4.79 Å². The van der Waals surface area contributed by atoms with Crippen molar-refractivity contribution in [3.8, 4) is 11.5 Å². The molecule has 2 aromatic carbocycles. The molecular weight excluding hydrogens is 366 g/mol. The normalized spacial score (nSPS) is 12.8. The molecule has 4 rings (SSSR count). The van der Waals surface area contributed by atoms with Crippen LogP contribution in [0.15, 0.2) is 60.8 Å². The van der Waals surface area contributed by atoms with E-state index in [9.17, 15) is 4.79 Å². The molecule has 6 heteroatoms. The van der Waals surface area contributed by atoms with Crippen LogP contribution in [-0.2, 0) is 13.0 Å². The van der Waals surface area contributed by atoms with Crippen LogP contribution >= 0.6 is 0 Å². The van der Waals surface area contributed by atoms with Gasteiger partial charge in [0.15, 0.2) is 11.5 Å². The van der Waals surface area contributed by atoms with Crippen LogP contribution < -0.4 is 14.8 Å². The van der Waals surface area contributed by atoms with Gasteiger partial charge in [0.05, 0.1) is 26.1 Å². The quantitative estimate of drug-likeness (QED) is 0.713. The lowest BCUT2D eigenvalue weighted by atomic mass is 9.98. The van der Waals surface area contributed by atoms with Gasteiger partial charge in [0.25, 0.3) is 5.91 Å². The zero-order valence-corrected chi connectivity index (χ0v) is 16.5. The Bertz CT molecular complexity index is 1000. The van der Waals surface area contributed by atoms with Crippen LogP contribution in [-0.4, -0.2) is 36.6 Å². The molecule has 0 aliphatic carbocycles. The molecule has 1 amide bonds. The van der Waals surface area contributed by atoms with Gasteiger partial charge in [0, 0.05) is 18.8 Å².